The SMILES string of the molecule is CC(C)n1nc2cccc(C#N)c2n1. The van der Waals surface area contributed by atoms with Gasteiger partial charge in [0.2, 0.25) is 0 Å². The van der Waals surface area contributed by atoms with E-state index in [0.717, 1.165) is 5.52 Å². The minimum Gasteiger partial charge on any atom is -0.192 e. The molecule has 1 heterocycles. The summed E-state index contributed by atoms with van der Waals surface area (Å²) in [5.41, 5.74) is 2.04. The second kappa shape index (κ2) is 3.11. The van der Waals surface area contributed by atoms with Crippen molar-refractivity contribution >= 4 is 11.0 Å². The fourth-order valence-electron chi connectivity index (χ4n) is 1.27. The molecule has 14 heavy (non-hydrogen) atoms. The van der Waals surface area contributed by atoms with Gasteiger partial charge < -0.3 is 0 Å². The molecule has 0 unspecified atom stereocenters. The zero-order valence-corrected chi connectivity index (χ0v) is 8.10. The maximum atomic E-state index is 8.86. The van der Waals surface area contributed by atoms with Crippen molar-refractivity contribution in [3.63, 3.8) is 0 Å². The molecule has 0 saturated heterocycles. The molecule has 0 spiro atoms. The summed E-state index contributed by atoms with van der Waals surface area (Å²) in [5.74, 6) is 0. The molecule has 2 rings (SSSR count). The third-order valence-corrected chi connectivity index (χ3v) is 2.01. The molecule has 2 aromatic rings. The van der Waals surface area contributed by atoms with Crippen molar-refractivity contribution in [2.75, 3.05) is 0 Å². The van der Waals surface area contributed by atoms with Gasteiger partial charge in [0.1, 0.15) is 17.1 Å². The molecule has 0 atom stereocenters. The highest BCUT2D eigenvalue weighted by atomic mass is 15.5. The second-order valence-electron chi connectivity index (χ2n) is 3.40. The quantitative estimate of drug-likeness (QED) is 0.683. The van der Waals surface area contributed by atoms with Crippen LogP contribution in [0.1, 0.15) is 25.5 Å². The number of nitrogens with zero attached hydrogens (tertiary/aromatic N) is 4. The first-order valence-corrected chi connectivity index (χ1v) is 4.48. The topological polar surface area (TPSA) is 54.5 Å². The number of benzene rings is 1. The standard InChI is InChI=1S/C10H10N4/c1-7(2)14-12-9-5-3-4-8(6-11)10(9)13-14/h3-5,7H,1-2H3. The zero-order valence-electron chi connectivity index (χ0n) is 8.10. The van der Waals surface area contributed by atoms with Crippen LogP contribution in [0.15, 0.2) is 18.2 Å². The third-order valence-electron chi connectivity index (χ3n) is 2.01. The van der Waals surface area contributed by atoms with Crippen LogP contribution in [0.25, 0.3) is 11.0 Å². The predicted molar refractivity (Wildman–Crippen MR) is 52.6 cm³/mol. The normalized spacial score (nSPS) is 10.7. The molecule has 0 aliphatic heterocycles. The molecule has 1 aromatic carbocycles. The smallest absolute Gasteiger partial charge is 0.130 e. The molecule has 0 aliphatic carbocycles. The predicted octanol–water partition coefficient (Wildman–Crippen LogP) is 1.88. The lowest BCUT2D eigenvalue weighted by molar-refractivity contribution is 0.472. The van der Waals surface area contributed by atoms with Crippen molar-refractivity contribution in [1.82, 2.24) is 15.0 Å². The number of hydrogen-bond donors (Lipinski definition) is 0. The van der Waals surface area contributed by atoms with Gasteiger partial charge in [-0.15, -0.1) is 0 Å². The van der Waals surface area contributed by atoms with Gasteiger partial charge in [0, 0.05) is 0 Å². The van der Waals surface area contributed by atoms with Crippen molar-refractivity contribution in [1.29, 1.82) is 5.26 Å². The second-order valence-corrected chi connectivity index (χ2v) is 3.40. The molecule has 0 saturated carbocycles. The van der Waals surface area contributed by atoms with Gasteiger partial charge in [0.15, 0.2) is 0 Å². The van der Waals surface area contributed by atoms with Gasteiger partial charge in [-0.2, -0.15) is 20.3 Å². The van der Waals surface area contributed by atoms with Crippen molar-refractivity contribution in [3.8, 4) is 6.07 Å². The Morgan fingerprint density at radius 3 is 2.79 bits per heavy atom. The monoisotopic (exact) mass is 186 g/mol. The van der Waals surface area contributed by atoms with E-state index in [4.69, 9.17) is 5.26 Å². The average molecular weight is 186 g/mol. The van der Waals surface area contributed by atoms with E-state index in [-0.39, 0.29) is 6.04 Å². The molecule has 0 fully saturated rings. The lowest BCUT2D eigenvalue weighted by atomic mass is 10.2. The fraction of sp³-hybridized carbons (Fsp3) is 0.300. The zero-order chi connectivity index (χ0) is 10.1. The molecular weight excluding hydrogens is 176 g/mol. The summed E-state index contributed by atoms with van der Waals surface area (Å²) >= 11 is 0. The lowest BCUT2D eigenvalue weighted by Crippen LogP contribution is -2.04. The highest BCUT2D eigenvalue weighted by molar-refractivity contribution is 5.79. The van der Waals surface area contributed by atoms with E-state index in [9.17, 15) is 0 Å². The van der Waals surface area contributed by atoms with Crippen molar-refractivity contribution in [2.24, 2.45) is 0 Å². The molecule has 0 radical (unpaired) electrons. The van der Waals surface area contributed by atoms with E-state index < -0.39 is 0 Å². The van der Waals surface area contributed by atoms with E-state index in [1.54, 1.807) is 10.9 Å². The molecule has 1 aromatic heterocycles. The molecule has 0 N–H and O–H groups in total. The largest absolute Gasteiger partial charge is 0.192 e. The van der Waals surface area contributed by atoms with Gasteiger partial charge in [-0.05, 0) is 26.0 Å². The molecular formula is C10H10N4. The van der Waals surface area contributed by atoms with Crippen LogP contribution in [-0.4, -0.2) is 15.0 Å². The van der Waals surface area contributed by atoms with Crippen molar-refractivity contribution < 1.29 is 0 Å². The van der Waals surface area contributed by atoms with Crippen LogP contribution in [0.5, 0.6) is 0 Å². The first-order chi connectivity index (χ1) is 6.72. The Bertz CT molecular complexity index is 504. The van der Waals surface area contributed by atoms with Crippen LogP contribution in [0, 0.1) is 11.3 Å². The first kappa shape index (κ1) is 8.70. The van der Waals surface area contributed by atoms with Crippen LogP contribution in [0.4, 0.5) is 0 Å². The third kappa shape index (κ3) is 1.23. The van der Waals surface area contributed by atoms with E-state index >= 15 is 0 Å². The summed E-state index contributed by atoms with van der Waals surface area (Å²) in [7, 11) is 0. The van der Waals surface area contributed by atoms with E-state index in [1.807, 2.05) is 26.0 Å². The van der Waals surface area contributed by atoms with Crippen molar-refractivity contribution in [3.05, 3.63) is 23.8 Å². The summed E-state index contributed by atoms with van der Waals surface area (Å²) in [6.07, 6.45) is 0. The van der Waals surface area contributed by atoms with E-state index in [2.05, 4.69) is 16.3 Å². The summed E-state index contributed by atoms with van der Waals surface area (Å²) in [5, 5.41) is 17.4. The van der Waals surface area contributed by atoms with Gasteiger partial charge in [-0.3, -0.25) is 0 Å². The molecule has 4 heteroatoms. The number of fused-ring (bicyclic) bond motifs is 1. The lowest BCUT2D eigenvalue weighted by Gasteiger charge is -1.99. The van der Waals surface area contributed by atoms with Gasteiger partial charge in [0.25, 0.3) is 0 Å². The molecule has 4 nitrogen and oxygen atoms in total. The average Bonchev–Trinajstić information content (AvgIpc) is 2.60. The Labute approximate surface area is 81.8 Å². The maximum Gasteiger partial charge on any atom is 0.130 e. The molecule has 0 aliphatic rings. The van der Waals surface area contributed by atoms with Gasteiger partial charge >= 0.3 is 0 Å². The molecule has 0 bridgehead atoms. The van der Waals surface area contributed by atoms with Crippen molar-refractivity contribution in [2.45, 2.75) is 19.9 Å². The summed E-state index contributed by atoms with van der Waals surface area (Å²) in [6.45, 7) is 4.01. The number of rotatable bonds is 1. The van der Waals surface area contributed by atoms with Crippen LogP contribution in [0.3, 0.4) is 0 Å². The van der Waals surface area contributed by atoms with Crippen LogP contribution in [0.2, 0.25) is 0 Å². The highest BCUT2D eigenvalue weighted by Crippen LogP contribution is 2.15. The molecule has 0 amide bonds. The van der Waals surface area contributed by atoms with Crippen LogP contribution >= 0.6 is 0 Å². The van der Waals surface area contributed by atoms with Gasteiger partial charge in [-0.25, -0.2) is 0 Å². The number of nitriles is 1. The van der Waals surface area contributed by atoms with E-state index in [0.29, 0.717) is 11.1 Å². The van der Waals surface area contributed by atoms with Crippen LogP contribution < -0.4 is 0 Å². The van der Waals surface area contributed by atoms with Gasteiger partial charge in [-0.1, -0.05) is 6.07 Å². The first-order valence-electron chi connectivity index (χ1n) is 4.48. The van der Waals surface area contributed by atoms with Gasteiger partial charge in [0.05, 0.1) is 11.6 Å². The molecule has 70 valence electrons. The Morgan fingerprint density at radius 2 is 2.14 bits per heavy atom. The Hall–Kier alpha value is -1.89. The maximum absolute atomic E-state index is 8.86. The summed E-state index contributed by atoms with van der Waals surface area (Å²) < 4.78 is 0. The minimum absolute atomic E-state index is 0.217. The number of hydrogen-bond acceptors (Lipinski definition) is 3. The Kier molecular flexibility index (Phi) is 1.93. The fourth-order valence-corrected chi connectivity index (χ4v) is 1.27. The van der Waals surface area contributed by atoms with Crippen LogP contribution in [-0.2, 0) is 0 Å². The minimum atomic E-state index is 0.217. The highest BCUT2D eigenvalue weighted by Gasteiger charge is 2.08. The summed E-state index contributed by atoms with van der Waals surface area (Å²) in [6, 6.07) is 7.76. The number of aromatic nitrogens is 3. The Balaban J connectivity index is 2.72. The van der Waals surface area contributed by atoms with E-state index in [1.165, 1.54) is 0 Å². The Morgan fingerprint density at radius 1 is 1.36 bits per heavy atom. The summed E-state index contributed by atoms with van der Waals surface area (Å²) in [4.78, 5) is 1.63.